The molecular weight excluding hydrogens is 360 g/mol. The second-order valence-electron chi connectivity index (χ2n) is 6.28. The number of carbonyl (C=O) groups is 1. The molecule has 0 aliphatic carbocycles. The third-order valence-corrected chi connectivity index (χ3v) is 4.42. The summed E-state index contributed by atoms with van der Waals surface area (Å²) in [6, 6.07) is 14.7. The van der Waals surface area contributed by atoms with Crippen LogP contribution in [0.2, 0.25) is 0 Å². The first-order valence-corrected chi connectivity index (χ1v) is 8.73. The lowest BCUT2D eigenvalue weighted by Crippen LogP contribution is -2.09. The molecular formula is C21H18N2O5. The van der Waals surface area contributed by atoms with Crippen LogP contribution in [-0.4, -0.2) is 23.3 Å². The number of esters is 1. The van der Waals surface area contributed by atoms with E-state index < -0.39 is 12.1 Å². The number of ether oxygens (including phenoxy) is 2. The molecule has 7 heteroatoms. The maximum absolute atomic E-state index is 12.6. The molecule has 0 aliphatic heterocycles. The first kappa shape index (κ1) is 17.8. The van der Waals surface area contributed by atoms with E-state index in [9.17, 15) is 4.79 Å². The Bertz CT molecular complexity index is 1130. The van der Waals surface area contributed by atoms with Crippen molar-refractivity contribution in [2.24, 2.45) is 0 Å². The summed E-state index contributed by atoms with van der Waals surface area (Å²) >= 11 is 0. The molecule has 2 aromatic heterocycles. The Morgan fingerprint density at radius 2 is 1.86 bits per heavy atom. The minimum absolute atomic E-state index is 0.137. The number of rotatable bonds is 5. The van der Waals surface area contributed by atoms with Gasteiger partial charge >= 0.3 is 5.97 Å². The normalized spacial score (nSPS) is 12.1. The van der Waals surface area contributed by atoms with Crippen molar-refractivity contribution >= 4 is 16.9 Å². The fourth-order valence-corrected chi connectivity index (χ4v) is 2.88. The summed E-state index contributed by atoms with van der Waals surface area (Å²) in [5.41, 5.74) is 2.06. The monoisotopic (exact) mass is 378 g/mol. The highest BCUT2D eigenvalue weighted by molar-refractivity contribution is 5.96. The number of benzene rings is 2. The minimum Gasteiger partial charge on any atom is -0.497 e. The molecule has 142 valence electrons. The maximum Gasteiger partial charge on any atom is 0.375 e. The largest absolute Gasteiger partial charge is 0.497 e. The predicted octanol–water partition coefficient (Wildman–Crippen LogP) is 4.72. The highest BCUT2D eigenvalue weighted by Crippen LogP contribution is 2.30. The van der Waals surface area contributed by atoms with Gasteiger partial charge in [-0.25, -0.2) is 4.79 Å². The van der Waals surface area contributed by atoms with Crippen molar-refractivity contribution in [1.82, 2.24) is 10.2 Å². The van der Waals surface area contributed by atoms with E-state index in [1.165, 1.54) is 0 Å². The highest BCUT2D eigenvalue weighted by Gasteiger charge is 2.24. The molecule has 0 spiro atoms. The van der Waals surface area contributed by atoms with Gasteiger partial charge < -0.3 is 18.3 Å². The van der Waals surface area contributed by atoms with E-state index in [0.29, 0.717) is 22.8 Å². The van der Waals surface area contributed by atoms with Gasteiger partial charge in [-0.15, -0.1) is 10.2 Å². The lowest BCUT2D eigenvalue weighted by molar-refractivity contribution is 0.0245. The summed E-state index contributed by atoms with van der Waals surface area (Å²) in [5.74, 6) is 0.801. The van der Waals surface area contributed by atoms with Gasteiger partial charge in [0.05, 0.1) is 7.11 Å². The van der Waals surface area contributed by atoms with E-state index in [1.54, 1.807) is 33.1 Å². The SMILES string of the molecule is COc1ccc2oc(C(=O)O[C@@H](C)c3nnc(-c4ccccc4)o3)c(C)c2c1. The van der Waals surface area contributed by atoms with Gasteiger partial charge in [-0.2, -0.15) is 0 Å². The molecule has 0 saturated carbocycles. The summed E-state index contributed by atoms with van der Waals surface area (Å²) < 4.78 is 22.0. The van der Waals surface area contributed by atoms with Crippen LogP contribution in [0.4, 0.5) is 0 Å². The molecule has 4 rings (SSSR count). The summed E-state index contributed by atoms with van der Waals surface area (Å²) in [7, 11) is 1.58. The number of hydrogen-bond acceptors (Lipinski definition) is 7. The molecule has 0 bridgehead atoms. The van der Waals surface area contributed by atoms with Gasteiger partial charge in [-0.3, -0.25) is 0 Å². The van der Waals surface area contributed by atoms with Crippen molar-refractivity contribution < 1.29 is 23.1 Å². The van der Waals surface area contributed by atoms with Crippen LogP contribution >= 0.6 is 0 Å². The summed E-state index contributed by atoms with van der Waals surface area (Å²) in [6.45, 7) is 3.47. The zero-order chi connectivity index (χ0) is 19.7. The van der Waals surface area contributed by atoms with E-state index in [4.69, 9.17) is 18.3 Å². The minimum atomic E-state index is -0.723. The van der Waals surface area contributed by atoms with Crippen LogP contribution in [0.1, 0.15) is 35.0 Å². The first-order chi connectivity index (χ1) is 13.6. The lowest BCUT2D eigenvalue weighted by Gasteiger charge is -2.08. The number of nitrogens with zero attached hydrogens (tertiary/aromatic N) is 2. The number of fused-ring (bicyclic) bond motifs is 1. The van der Waals surface area contributed by atoms with Gasteiger partial charge in [0.15, 0.2) is 6.10 Å². The Morgan fingerprint density at radius 3 is 2.61 bits per heavy atom. The van der Waals surface area contributed by atoms with Gasteiger partial charge in [0.25, 0.3) is 5.89 Å². The predicted molar refractivity (Wildman–Crippen MR) is 101 cm³/mol. The molecule has 0 fully saturated rings. The number of furan rings is 1. The smallest absolute Gasteiger partial charge is 0.375 e. The van der Waals surface area contributed by atoms with Crippen molar-refractivity contribution in [3.63, 3.8) is 0 Å². The van der Waals surface area contributed by atoms with Crippen molar-refractivity contribution in [2.45, 2.75) is 20.0 Å². The van der Waals surface area contributed by atoms with Crippen molar-refractivity contribution in [3.05, 3.63) is 65.7 Å². The number of carbonyl (C=O) groups excluding carboxylic acids is 1. The average Bonchev–Trinajstić information content (AvgIpc) is 3.34. The lowest BCUT2D eigenvalue weighted by atomic mass is 10.1. The number of methoxy groups -OCH3 is 1. The van der Waals surface area contributed by atoms with Crippen molar-refractivity contribution in [2.75, 3.05) is 7.11 Å². The van der Waals surface area contributed by atoms with Crippen LogP contribution in [0.3, 0.4) is 0 Å². The Labute approximate surface area is 160 Å². The number of aryl methyl sites for hydroxylation is 1. The highest BCUT2D eigenvalue weighted by atomic mass is 16.6. The van der Waals surface area contributed by atoms with Gasteiger partial charge in [0.1, 0.15) is 11.3 Å². The summed E-state index contributed by atoms with van der Waals surface area (Å²) in [4.78, 5) is 12.6. The van der Waals surface area contributed by atoms with Crippen molar-refractivity contribution in [3.8, 4) is 17.2 Å². The van der Waals surface area contributed by atoms with Crippen LogP contribution < -0.4 is 4.74 Å². The Balaban J connectivity index is 1.54. The van der Waals surface area contributed by atoms with E-state index in [0.717, 1.165) is 10.9 Å². The van der Waals surface area contributed by atoms with E-state index in [-0.39, 0.29) is 11.7 Å². The molecule has 0 unspecified atom stereocenters. The van der Waals surface area contributed by atoms with Crippen LogP contribution in [-0.2, 0) is 4.74 Å². The molecule has 4 aromatic rings. The van der Waals surface area contributed by atoms with Gasteiger partial charge in [-0.1, -0.05) is 18.2 Å². The fraction of sp³-hybridized carbons (Fsp3) is 0.190. The average molecular weight is 378 g/mol. The Hall–Kier alpha value is -3.61. The van der Waals surface area contributed by atoms with Gasteiger partial charge in [0.2, 0.25) is 11.7 Å². The van der Waals surface area contributed by atoms with Crippen LogP contribution in [0.15, 0.2) is 57.4 Å². The number of aromatic nitrogens is 2. The molecule has 2 aromatic carbocycles. The number of hydrogen-bond donors (Lipinski definition) is 0. The molecule has 0 saturated heterocycles. The molecule has 0 N–H and O–H groups in total. The maximum atomic E-state index is 12.6. The van der Waals surface area contributed by atoms with E-state index >= 15 is 0 Å². The second kappa shape index (κ2) is 7.19. The van der Waals surface area contributed by atoms with Crippen LogP contribution in [0.25, 0.3) is 22.4 Å². The molecule has 0 amide bonds. The standard InChI is InChI=1S/C21H18N2O5/c1-12-16-11-15(25-3)9-10-17(16)27-18(12)21(24)26-13(2)19-22-23-20(28-19)14-7-5-4-6-8-14/h4-11,13H,1-3H3/t13-/m0/s1. The second-order valence-corrected chi connectivity index (χ2v) is 6.28. The van der Waals surface area contributed by atoms with Crippen LogP contribution in [0, 0.1) is 6.92 Å². The summed E-state index contributed by atoms with van der Waals surface area (Å²) in [6.07, 6.45) is -0.723. The van der Waals surface area contributed by atoms with Gasteiger partial charge in [0, 0.05) is 16.5 Å². The molecule has 2 heterocycles. The zero-order valence-electron chi connectivity index (χ0n) is 15.6. The Morgan fingerprint density at radius 1 is 1.07 bits per heavy atom. The van der Waals surface area contributed by atoms with E-state index in [2.05, 4.69) is 10.2 Å². The molecule has 1 atom stereocenters. The topological polar surface area (TPSA) is 87.6 Å². The fourth-order valence-electron chi connectivity index (χ4n) is 2.88. The third kappa shape index (κ3) is 3.22. The molecule has 28 heavy (non-hydrogen) atoms. The van der Waals surface area contributed by atoms with Crippen molar-refractivity contribution in [1.29, 1.82) is 0 Å². The van der Waals surface area contributed by atoms with E-state index in [1.807, 2.05) is 36.4 Å². The summed E-state index contributed by atoms with van der Waals surface area (Å²) in [5, 5.41) is 8.79. The van der Waals surface area contributed by atoms with Gasteiger partial charge in [-0.05, 0) is 44.2 Å². The third-order valence-electron chi connectivity index (χ3n) is 4.42. The van der Waals surface area contributed by atoms with Crippen LogP contribution in [0.5, 0.6) is 5.75 Å². The molecule has 0 radical (unpaired) electrons. The zero-order valence-corrected chi connectivity index (χ0v) is 15.6. The molecule has 7 nitrogen and oxygen atoms in total. The molecule has 0 aliphatic rings. The quantitative estimate of drug-likeness (QED) is 0.464. The Kier molecular flexibility index (Phi) is 4.57. The first-order valence-electron chi connectivity index (χ1n) is 8.73.